The Morgan fingerprint density at radius 1 is 1.04 bits per heavy atom. The minimum absolute atomic E-state index is 0.0678. The maximum Gasteiger partial charge on any atom is 0.191 e. The topological polar surface area (TPSA) is 83.0 Å². The normalized spacial score (nSPS) is 21.8. The van der Waals surface area contributed by atoms with Crippen molar-refractivity contribution in [3.63, 3.8) is 0 Å². The van der Waals surface area contributed by atoms with E-state index in [2.05, 4.69) is 20.5 Å². The lowest BCUT2D eigenvalue weighted by atomic mass is 9.79. The lowest BCUT2D eigenvalue weighted by molar-refractivity contribution is 0.0368. The summed E-state index contributed by atoms with van der Waals surface area (Å²) in [6.45, 7) is 4.70. The second-order valence-corrected chi connectivity index (χ2v) is 10.2. The van der Waals surface area contributed by atoms with Gasteiger partial charge in [0.05, 0.1) is 19.0 Å². The van der Waals surface area contributed by atoms with Gasteiger partial charge in [0.1, 0.15) is 9.84 Å². The van der Waals surface area contributed by atoms with Gasteiger partial charge in [0.15, 0.2) is 5.96 Å². The van der Waals surface area contributed by atoms with Crippen molar-refractivity contribution in [2.75, 3.05) is 58.4 Å². The van der Waals surface area contributed by atoms with E-state index in [1.807, 2.05) is 0 Å². The Hall–Kier alpha value is -0.860. The summed E-state index contributed by atoms with van der Waals surface area (Å²) < 4.78 is 27.6. The van der Waals surface area contributed by atoms with Gasteiger partial charge in [0.2, 0.25) is 0 Å². The van der Waals surface area contributed by atoms with Crippen LogP contribution in [0.5, 0.6) is 0 Å². The number of piperidine rings is 1. The van der Waals surface area contributed by atoms with E-state index < -0.39 is 9.84 Å². The molecule has 27 heavy (non-hydrogen) atoms. The SMILES string of the molecule is CN=C(NCCOCCS(C)(=O)=O)NCC1(N2CCCCC2)CCCCC1. The molecule has 0 spiro atoms. The van der Waals surface area contributed by atoms with Crippen molar-refractivity contribution in [1.29, 1.82) is 0 Å². The molecule has 0 aromatic rings. The number of hydrogen-bond donors (Lipinski definition) is 2. The fraction of sp³-hybridized carbons (Fsp3) is 0.947. The molecule has 0 atom stereocenters. The van der Waals surface area contributed by atoms with Crippen molar-refractivity contribution in [2.24, 2.45) is 4.99 Å². The van der Waals surface area contributed by atoms with E-state index in [4.69, 9.17) is 4.74 Å². The fourth-order valence-electron chi connectivity index (χ4n) is 4.21. The van der Waals surface area contributed by atoms with E-state index in [1.54, 1.807) is 7.05 Å². The molecule has 1 saturated heterocycles. The number of guanidine groups is 1. The highest BCUT2D eigenvalue weighted by atomic mass is 32.2. The number of nitrogens with one attached hydrogen (secondary N) is 2. The molecule has 8 heteroatoms. The maximum absolute atomic E-state index is 11.1. The zero-order chi connectivity index (χ0) is 19.6. The first-order valence-electron chi connectivity index (χ1n) is 10.4. The molecule has 2 aliphatic rings. The summed E-state index contributed by atoms with van der Waals surface area (Å²) in [5.41, 5.74) is 0.266. The second-order valence-electron chi connectivity index (χ2n) is 7.93. The minimum Gasteiger partial charge on any atom is -0.379 e. The molecule has 1 aliphatic carbocycles. The van der Waals surface area contributed by atoms with Crippen LogP contribution in [0.3, 0.4) is 0 Å². The van der Waals surface area contributed by atoms with Crippen molar-refractivity contribution in [2.45, 2.75) is 56.9 Å². The van der Waals surface area contributed by atoms with Gasteiger partial charge in [-0.25, -0.2) is 8.42 Å². The largest absolute Gasteiger partial charge is 0.379 e. The number of ether oxygens (including phenoxy) is 1. The Morgan fingerprint density at radius 2 is 1.70 bits per heavy atom. The van der Waals surface area contributed by atoms with Crippen LogP contribution in [0.4, 0.5) is 0 Å². The molecule has 0 amide bonds. The summed E-state index contributed by atoms with van der Waals surface area (Å²) in [6.07, 6.45) is 11.8. The minimum atomic E-state index is -2.96. The molecule has 0 bridgehead atoms. The van der Waals surface area contributed by atoms with Gasteiger partial charge in [-0.15, -0.1) is 0 Å². The van der Waals surface area contributed by atoms with E-state index in [1.165, 1.54) is 70.7 Å². The molecular weight excluding hydrogens is 364 g/mol. The summed E-state index contributed by atoms with van der Waals surface area (Å²) in [7, 11) is -1.17. The van der Waals surface area contributed by atoms with Gasteiger partial charge in [0.25, 0.3) is 0 Å². The standard InChI is InChI=1S/C19H38N4O3S/c1-20-18(21-11-14-26-15-16-27(2,24)25)22-17-19(9-5-3-6-10-19)23-12-7-4-8-13-23/h3-17H2,1-2H3,(H2,20,21,22). The smallest absolute Gasteiger partial charge is 0.191 e. The van der Waals surface area contributed by atoms with Crippen LogP contribution in [0.15, 0.2) is 4.99 Å². The number of likely N-dealkylation sites (tertiary alicyclic amines) is 1. The van der Waals surface area contributed by atoms with Crippen molar-refractivity contribution in [3.05, 3.63) is 0 Å². The van der Waals surface area contributed by atoms with Crippen molar-refractivity contribution < 1.29 is 13.2 Å². The van der Waals surface area contributed by atoms with E-state index in [0.29, 0.717) is 13.2 Å². The molecule has 0 aromatic heterocycles. The quantitative estimate of drug-likeness (QED) is 0.345. The molecule has 0 unspecified atom stereocenters. The number of aliphatic imine (C=N–C) groups is 1. The summed E-state index contributed by atoms with van der Waals surface area (Å²) in [5.74, 6) is 0.863. The third-order valence-corrected chi connectivity index (χ3v) is 6.67. The lowest BCUT2D eigenvalue weighted by Gasteiger charge is -2.48. The summed E-state index contributed by atoms with van der Waals surface area (Å²) in [4.78, 5) is 7.06. The Balaban J connectivity index is 1.75. The van der Waals surface area contributed by atoms with Gasteiger partial charge in [-0.3, -0.25) is 9.89 Å². The molecule has 0 radical (unpaired) electrons. The van der Waals surface area contributed by atoms with Crippen molar-refractivity contribution >= 4 is 15.8 Å². The molecule has 1 saturated carbocycles. The summed E-state index contributed by atoms with van der Waals surface area (Å²) in [6, 6.07) is 0. The number of rotatable bonds is 9. The van der Waals surface area contributed by atoms with Crippen LogP contribution in [-0.4, -0.2) is 83.3 Å². The highest BCUT2D eigenvalue weighted by molar-refractivity contribution is 7.90. The van der Waals surface area contributed by atoms with Crippen LogP contribution < -0.4 is 10.6 Å². The third kappa shape index (κ3) is 7.95. The molecule has 7 nitrogen and oxygen atoms in total. The molecule has 0 aromatic carbocycles. The first kappa shape index (κ1) is 22.4. The summed E-state index contributed by atoms with van der Waals surface area (Å²) >= 11 is 0. The summed E-state index contributed by atoms with van der Waals surface area (Å²) in [5, 5.41) is 6.81. The molecule has 1 heterocycles. The van der Waals surface area contributed by atoms with Crippen LogP contribution in [0, 0.1) is 0 Å². The van der Waals surface area contributed by atoms with Crippen molar-refractivity contribution in [3.8, 4) is 0 Å². The highest BCUT2D eigenvalue weighted by Crippen LogP contribution is 2.35. The van der Waals surface area contributed by atoms with Crippen LogP contribution in [0.2, 0.25) is 0 Å². The molecule has 2 rings (SSSR count). The van der Waals surface area contributed by atoms with Gasteiger partial charge in [-0.05, 0) is 38.8 Å². The molecule has 2 N–H and O–H groups in total. The zero-order valence-electron chi connectivity index (χ0n) is 17.1. The molecule has 158 valence electrons. The number of hydrogen-bond acceptors (Lipinski definition) is 5. The number of nitrogens with zero attached hydrogens (tertiary/aromatic N) is 2. The van der Waals surface area contributed by atoms with E-state index in [9.17, 15) is 8.42 Å². The van der Waals surface area contributed by atoms with Crippen LogP contribution in [0.1, 0.15) is 51.4 Å². The zero-order valence-corrected chi connectivity index (χ0v) is 18.0. The van der Waals surface area contributed by atoms with E-state index in [-0.39, 0.29) is 17.9 Å². The second kappa shape index (κ2) is 11.2. The van der Waals surface area contributed by atoms with E-state index >= 15 is 0 Å². The lowest BCUT2D eigenvalue weighted by Crippen LogP contribution is -2.59. The number of sulfone groups is 1. The van der Waals surface area contributed by atoms with Crippen LogP contribution in [-0.2, 0) is 14.6 Å². The maximum atomic E-state index is 11.1. The molecule has 1 aliphatic heterocycles. The van der Waals surface area contributed by atoms with Gasteiger partial charge in [0, 0.05) is 31.9 Å². The Morgan fingerprint density at radius 3 is 2.33 bits per heavy atom. The van der Waals surface area contributed by atoms with E-state index in [0.717, 1.165) is 12.5 Å². The third-order valence-electron chi connectivity index (χ3n) is 5.76. The molecular formula is C19H38N4O3S. The van der Waals surface area contributed by atoms with Crippen molar-refractivity contribution in [1.82, 2.24) is 15.5 Å². The highest BCUT2D eigenvalue weighted by Gasteiger charge is 2.38. The Kier molecular flexibility index (Phi) is 9.32. The van der Waals surface area contributed by atoms with Gasteiger partial charge in [-0.1, -0.05) is 25.7 Å². The Labute approximate surface area is 165 Å². The molecule has 2 fully saturated rings. The fourth-order valence-corrected chi connectivity index (χ4v) is 4.63. The van der Waals surface area contributed by atoms with Gasteiger partial charge in [-0.2, -0.15) is 0 Å². The Bertz CT molecular complexity index is 553. The van der Waals surface area contributed by atoms with Crippen LogP contribution in [0.25, 0.3) is 0 Å². The van der Waals surface area contributed by atoms with Crippen LogP contribution >= 0.6 is 0 Å². The average Bonchev–Trinajstić information content (AvgIpc) is 2.67. The average molecular weight is 403 g/mol. The van der Waals surface area contributed by atoms with Gasteiger partial charge < -0.3 is 15.4 Å². The monoisotopic (exact) mass is 402 g/mol. The first-order valence-corrected chi connectivity index (χ1v) is 12.5. The van der Waals surface area contributed by atoms with Gasteiger partial charge >= 0.3 is 0 Å². The predicted molar refractivity (Wildman–Crippen MR) is 111 cm³/mol. The predicted octanol–water partition coefficient (Wildman–Crippen LogP) is 1.40. The first-order chi connectivity index (χ1) is 13.0.